The minimum Gasteiger partial charge on any atom is -0.381 e. The molecule has 20 heavy (non-hydrogen) atoms. The van der Waals surface area contributed by atoms with Crippen LogP contribution in [-0.2, 0) is 10.0 Å². The van der Waals surface area contributed by atoms with Crippen molar-refractivity contribution in [2.45, 2.75) is 26.3 Å². The predicted octanol–water partition coefficient (Wildman–Crippen LogP) is 3.00. The summed E-state index contributed by atoms with van der Waals surface area (Å²) in [5.74, 6) is 2.33. The first-order chi connectivity index (χ1) is 9.26. The van der Waals surface area contributed by atoms with Crippen LogP contribution in [0.4, 0.5) is 11.4 Å². The van der Waals surface area contributed by atoms with Crippen molar-refractivity contribution < 1.29 is 8.42 Å². The zero-order chi connectivity index (χ0) is 14.8. The number of rotatable bonds is 4. The summed E-state index contributed by atoms with van der Waals surface area (Å²) in [6.07, 6.45) is 2.37. The maximum atomic E-state index is 11.2. The number of thioether (sulfide) groups is 1. The van der Waals surface area contributed by atoms with Crippen molar-refractivity contribution in [3.63, 3.8) is 0 Å². The fourth-order valence-corrected chi connectivity index (χ4v) is 4.39. The lowest BCUT2D eigenvalue weighted by Gasteiger charge is -2.39. The average Bonchev–Trinajstić information content (AvgIpc) is 2.32. The first-order valence-corrected chi connectivity index (χ1v) is 9.73. The number of anilines is 2. The Labute approximate surface area is 125 Å². The van der Waals surface area contributed by atoms with Crippen molar-refractivity contribution in [1.29, 1.82) is 0 Å². The summed E-state index contributed by atoms with van der Waals surface area (Å²) < 4.78 is 24.8. The molecule has 2 rings (SSSR count). The van der Waals surface area contributed by atoms with Gasteiger partial charge in [0.25, 0.3) is 0 Å². The average molecular weight is 314 g/mol. The molecule has 6 heteroatoms. The SMILES string of the molecule is CC1(C)CCSCC1Nc1ccc(NS(C)(=O)=O)cc1. The fourth-order valence-electron chi connectivity index (χ4n) is 2.22. The van der Waals surface area contributed by atoms with Gasteiger partial charge in [0, 0.05) is 23.2 Å². The highest BCUT2D eigenvalue weighted by atomic mass is 32.2. The van der Waals surface area contributed by atoms with E-state index in [1.54, 1.807) is 12.1 Å². The van der Waals surface area contributed by atoms with Crippen LogP contribution in [0, 0.1) is 5.41 Å². The first kappa shape index (κ1) is 15.5. The number of hydrogen-bond donors (Lipinski definition) is 2. The van der Waals surface area contributed by atoms with Crippen LogP contribution in [0.2, 0.25) is 0 Å². The number of sulfonamides is 1. The highest BCUT2D eigenvalue weighted by Gasteiger charge is 2.32. The number of hydrogen-bond acceptors (Lipinski definition) is 4. The van der Waals surface area contributed by atoms with Crippen molar-refractivity contribution in [2.24, 2.45) is 5.41 Å². The van der Waals surface area contributed by atoms with Gasteiger partial charge >= 0.3 is 0 Å². The van der Waals surface area contributed by atoms with Crippen LogP contribution in [0.1, 0.15) is 20.3 Å². The van der Waals surface area contributed by atoms with Crippen LogP contribution in [0.3, 0.4) is 0 Å². The van der Waals surface area contributed by atoms with Crippen LogP contribution in [-0.4, -0.2) is 32.2 Å². The highest BCUT2D eigenvalue weighted by Crippen LogP contribution is 2.36. The van der Waals surface area contributed by atoms with E-state index in [4.69, 9.17) is 0 Å². The maximum absolute atomic E-state index is 11.2. The molecular weight excluding hydrogens is 292 g/mol. The minimum absolute atomic E-state index is 0.287. The van der Waals surface area contributed by atoms with Crippen LogP contribution in [0.25, 0.3) is 0 Å². The Morgan fingerprint density at radius 1 is 1.20 bits per heavy atom. The molecule has 0 bridgehead atoms. The molecule has 1 aliphatic heterocycles. The molecule has 1 fully saturated rings. The van der Waals surface area contributed by atoms with Gasteiger partial charge in [0.1, 0.15) is 0 Å². The van der Waals surface area contributed by atoms with Crippen LogP contribution in [0.15, 0.2) is 24.3 Å². The van der Waals surface area contributed by atoms with Crippen LogP contribution < -0.4 is 10.0 Å². The van der Waals surface area contributed by atoms with E-state index in [2.05, 4.69) is 23.9 Å². The molecule has 1 atom stereocenters. The van der Waals surface area contributed by atoms with Crippen molar-refractivity contribution >= 4 is 33.2 Å². The fraction of sp³-hybridized carbons (Fsp3) is 0.571. The highest BCUT2D eigenvalue weighted by molar-refractivity contribution is 7.99. The summed E-state index contributed by atoms with van der Waals surface area (Å²) in [4.78, 5) is 0. The van der Waals surface area contributed by atoms with E-state index in [1.165, 1.54) is 12.2 Å². The summed E-state index contributed by atoms with van der Waals surface area (Å²) >= 11 is 1.98. The zero-order valence-electron chi connectivity index (χ0n) is 12.1. The van der Waals surface area contributed by atoms with Gasteiger partial charge in [0.05, 0.1) is 6.26 Å². The summed E-state index contributed by atoms with van der Waals surface area (Å²) in [6.45, 7) is 4.59. The van der Waals surface area contributed by atoms with Crippen molar-refractivity contribution in [2.75, 3.05) is 27.8 Å². The van der Waals surface area contributed by atoms with Crippen molar-refractivity contribution in [3.05, 3.63) is 24.3 Å². The van der Waals surface area contributed by atoms with Crippen molar-refractivity contribution in [3.8, 4) is 0 Å². The second kappa shape index (κ2) is 5.85. The molecule has 1 saturated heterocycles. The van der Waals surface area contributed by atoms with Gasteiger partial charge in [-0.1, -0.05) is 13.8 Å². The van der Waals surface area contributed by atoms with Crippen LogP contribution >= 0.6 is 11.8 Å². The quantitative estimate of drug-likeness (QED) is 0.897. The van der Waals surface area contributed by atoms with Gasteiger partial charge in [0.15, 0.2) is 0 Å². The van der Waals surface area contributed by atoms with Crippen LogP contribution in [0.5, 0.6) is 0 Å². The van der Waals surface area contributed by atoms with Gasteiger partial charge in [-0.2, -0.15) is 11.8 Å². The largest absolute Gasteiger partial charge is 0.381 e. The molecule has 112 valence electrons. The Bertz CT molecular complexity index is 553. The Morgan fingerprint density at radius 3 is 2.35 bits per heavy atom. The molecule has 0 aliphatic carbocycles. The summed E-state index contributed by atoms with van der Waals surface area (Å²) in [5.41, 5.74) is 1.91. The Hall–Kier alpha value is -0.880. The topological polar surface area (TPSA) is 58.2 Å². The molecule has 0 amide bonds. The molecule has 0 spiro atoms. The second-order valence-electron chi connectivity index (χ2n) is 5.96. The third-order valence-electron chi connectivity index (χ3n) is 3.65. The lowest BCUT2D eigenvalue weighted by molar-refractivity contribution is 0.305. The monoisotopic (exact) mass is 314 g/mol. The van der Waals surface area contributed by atoms with Gasteiger partial charge in [0.2, 0.25) is 10.0 Å². The van der Waals surface area contributed by atoms with E-state index in [-0.39, 0.29) is 5.41 Å². The molecule has 1 aromatic carbocycles. The third kappa shape index (κ3) is 4.31. The number of benzene rings is 1. The predicted molar refractivity (Wildman–Crippen MR) is 88.0 cm³/mol. The zero-order valence-corrected chi connectivity index (χ0v) is 13.8. The van der Waals surface area contributed by atoms with E-state index in [1.807, 2.05) is 23.9 Å². The Balaban J connectivity index is 2.03. The molecule has 0 radical (unpaired) electrons. The normalized spacial score (nSPS) is 22.2. The first-order valence-electron chi connectivity index (χ1n) is 6.68. The van der Waals surface area contributed by atoms with E-state index >= 15 is 0 Å². The van der Waals surface area contributed by atoms with E-state index in [9.17, 15) is 8.42 Å². The lowest BCUT2D eigenvalue weighted by Crippen LogP contribution is -2.41. The summed E-state index contributed by atoms with van der Waals surface area (Å²) in [5, 5.41) is 3.56. The molecule has 4 nitrogen and oxygen atoms in total. The van der Waals surface area contributed by atoms with Gasteiger partial charge in [-0.3, -0.25) is 4.72 Å². The van der Waals surface area contributed by atoms with E-state index < -0.39 is 10.0 Å². The molecule has 1 aliphatic rings. The molecule has 0 aromatic heterocycles. The summed E-state index contributed by atoms with van der Waals surface area (Å²) in [7, 11) is -3.21. The van der Waals surface area contributed by atoms with Gasteiger partial charge < -0.3 is 5.32 Å². The van der Waals surface area contributed by atoms with Gasteiger partial charge in [-0.25, -0.2) is 8.42 Å². The van der Waals surface area contributed by atoms with Crippen molar-refractivity contribution in [1.82, 2.24) is 0 Å². The third-order valence-corrected chi connectivity index (χ3v) is 5.32. The van der Waals surface area contributed by atoms with Gasteiger partial charge in [-0.15, -0.1) is 0 Å². The molecule has 2 N–H and O–H groups in total. The maximum Gasteiger partial charge on any atom is 0.229 e. The molecular formula is C14H22N2O2S2. The Kier molecular flexibility index (Phi) is 4.54. The van der Waals surface area contributed by atoms with Gasteiger partial charge in [-0.05, 0) is 41.9 Å². The lowest BCUT2D eigenvalue weighted by atomic mass is 9.82. The number of nitrogens with one attached hydrogen (secondary N) is 2. The standard InChI is InChI=1S/C14H22N2O2S2/c1-14(2)8-9-19-10-13(14)15-11-4-6-12(7-5-11)16-20(3,17)18/h4-7,13,15-16H,8-10H2,1-3H3. The van der Waals surface area contributed by atoms with E-state index in [0.29, 0.717) is 11.7 Å². The molecule has 1 unspecified atom stereocenters. The smallest absolute Gasteiger partial charge is 0.229 e. The molecule has 0 saturated carbocycles. The Morgan fingerprint density at radius 2 is 1.80 bits per heavy atom. The summed E-state index contributed by atoms with van der Waals surface area (Å²) in [6, 6.07) is 7.85. The minimum atomic E-state index is -3.21. The molecule has 1 heterocycles. The van der Waals surface area contributed by atoms with E-state index in [0.717, 1.165) is 17.7 Å². The molecule has 1 aromatic rings. The second-order valence-corrected chi connectivity index (χ2v) is 8.86.